The molecule has 1 saturated heterocycles. The molecule has 0 N–H and O–H groups in total. The summed E-state index contributed by atoms with van der Waals surface area (Å²) < 4.78 is 29.3. The average Bonchev–Trinajstić information content (AvgIpc) is 1.82. The summed E-state index contributed by atoms with van der Waals surface area (Å²) >= 11 is 0. The predicted molar refractivity (Wildman–Crippen MR) is 46.4 cm³/mol. The summed E-state index contributed by atoms with van der Waals surface area (Å²) in [5.74, 6) is 0. The van der Waals surface area contributed by atoms with Gasteiger partial charge in [-0.2, -0.15) is 4.31 Å². The minimum atomic E-state index is -3.07. The lowest BCUT2D eigenvalue weighted by Gasteiger charge is -2.36. The number of rotatable bonds is 1. The van der Waals surface area contributed by atoms with Gasteiger partial charge in [-0.3, -0.25) is 0 Å². The summed E-state index contributed by atoms with van der Waals surface area (Å²) in [6, 6.07) is -0.0764. The van der Waals surface area contributed by atoms with Gasteiger partial charge in [-0.25, -0.2) is 8.42 Å². The number of hydrogen-bond donors (Lipinski definition) is 0. The van der Waals surface area contributed by atoms with Crippen molar-refractivity contribution in [1.82, 2.24) is 4.31 Å². The third kappa shape index (κ3) is 1.97. The molecule has 0 spiro atoms. The van der Waals surface area contributed by atoms with Gasteiger partial charge in [0.05, 0.1) is 19.5 Å². The number of nitrogens with zero attached hydrogens (tertiary/aromatic N) is 1. The van der Waals surface area contributed by atoms with E-state index in [9.17, 15) is 8.42 Å². The second kappa shape index (κ2) is 3.32. The maximum absolute atomic E-state index is 11.3. The Bertz CT molecular complexity index is 239. The van der Waals surface area contributed by atoms with Crippen molar-refractivity contribution in [2.24, 2.45) is 0 Å². The van der Waals surface area contributed by atoms with Crippen LogP contribution >= 0.6 is 0 Å². The van der Waals surface area contributed by atoms with Crippen LogP contribution in [0.15, 0.2) is 0 Å². The maximum atomic E-state index is 11.3. The maximum Gasteiger partial charge on any atom is 0.211 e. The zero-order valence-electron chi connectivity index (χ0n) is 7.65. The van der Waals surface area contributed by atoms with Crippen LogP contribution in [-0.4, -0.2) is 44.3 Å². The van der Waals surface area contributed by atoms with Crippen LogP contribution in [0.3, 0.4) is 0 Å². The Morgan fingerprint density at radius 1 is 1.25 bits per heavy atom. The highest BCUT2D eigenvalue weighted by Gasteiger charge is 2.32. The third-order valence-corrected chi connectivity index (χ3v) is 3.46. The molecule has 1 aliphatic heterocycles. The van der Waals surface area contributed by atoms with Crippen LogP contribution in [0.5, 0.6) is 0 Å². The fourth-order valence-electron chi connectivity index (χ4n) is 1.64. The molecule has 1 aliphatic rings. The van der Waals surface area contributed by atoms with Crippen LogP contribution in [0.4, 0.5) is 0 Å². The molecule has 0 aliphatic carbocycles. The molecule has 0 saturated carbocycles. The van der Waals surface area contributed by atoms with Crippen molar-refractivity contribution in [1.29, 1.82) is 0 Å². The van der Waals surface area contributed by atoms with Crippen molar-refractivity contribution in [2.45, 2.75) is 25.9 Å². The second-order valence-corrected chi connectivity index (χ2v) is 5.22. The molecule has 0 aromatic rings. The van der Waals surface area contributed by atoms with Gasteiger partial charge in [-0.05, 0) is 13.8 Å². The van der Waals surface area contributed by atoms with Crippen LogP contribution in [0.2, 0.25) is 0 Å². The molecule has 0 bridgehead atoms. The molecule has 0 unspecified atom stereocenters. The van der Waals surface area contributed by atoms with Gasteiger partial charge in [0.1, 0.15) is 0 Å². The highest BCUT2D eigenvalue weighted by Crippen LogP contribution is 2.16. The lowest BCUT2D eigenvalue weighted by molar-refractivity contribution is 0.00671. The lowest BCUT2D eigenvalue weighted by atomic mass is 10.2. The van der Waals surface area contributed by atoms with Crippen LogP contribution in [0, 0.1) is 0 Å². The first-order chi connectivity index (χ1) is 5.43. The Morgan fingerprint density at radius 3 is 1.92 bits per heavy atom. The average molecular weight is 193 g/mol. The van der Waals surface area contributed by atoms with Gasteiger partial charge in [0.25, 0.3) is 0 Å². The summed E-state index contributed by atoms with van der Waals surface area (Å²) in [5.41, 5.74) is 0. The Balaban J connectivity index is 2.84. The molecule has 0 radical (unpaired) electrons. The highest BCUT2D eigenvalue weighted by atomic mass is 32.2. The minimum Gasteiger partial charge on any atom is -0.378 e. The first-order valence-corrected chi connectivity index (χ1v) is 5.84. The van der Waals surface area contributed by atoms with E-state index in [1.54, 1.807) is 0 Å². The molecule has 1 heterocycles. The molecule has 1 rings (SSSR count). The minimum absolute atomic E-state index is 0.0382. The van der Waals surface area contributed by atoms with Crippen molar-refractivity contribution >= 4 is 10.0 Å². The van der Waals surface area contributed by atoms with Gasteiger partial charge < -0.3 is 4.74 Å². The summed E-state index contributed by atoms with van der Waals surface area (Å²) in [7, 11) is -3.07. The Morgan fingerprint density at radius 2 is 1.67 bits per heavy atom. The molecule has 72 valence electrons. The SMILES string of the molecule is C[C@@H]1COC[C@H](C)N1S(C)(=O)=O. The van der Waals surface area contributed by atoms with Gasteiger partial charge in [-0.15, -0.1) is 0 Å². The van der Waals surface area contributed by atoms with E-state index in [0.717, 1.165) is 0 Å². The van der Waals surface area contributed by atoms with E-state index in [4.69, 9.17) is 4.74 Å². The van der Waals surface area contributed by atoms with Crippen LogP contribution in [0.1, 0.15) is 13.8 Å². The van der Waals surface area contributed by atoms with E-state index >= 15 is 0 Å². The fraction of sp³-hybridized carbons (Fsp3) is 1.00. The second-order valence-electron chi connectivity index (χ2n) is 3.33. The normalized spacial score (nSPS) is 33.6. The number of morpholine rings is 1. The molecular weight excluding hydrogens is 178 g/mol. The zero-order chi connectivity index (χ0) is 9.35. The largest absolute Gasteiger partial charge is 0.378 e. The topological polar surface area (TPSA) is 46.6 Å². The smallest absolute Gasteiger partial charge is 0.211 e. The predicted octanol–water partition coefficient (Wildman–Crippen LogP) is 0.0552. The molecule has 12 heavy (non-hydrogen) atoms. The first kappa shape index (κ1) is 9.95. The van der Waals surface area contributed by atoms with Crippen LogP contribution in [-0.2, 0) is 14.8 Å². The van der Waals surface area contributed by atoms with E-state index < -0.39 is 10.0 Å². The van der Waals surface area contributed by atoms with Crippen molar-refractivity contribution < 1.29 is 13.2 Å². The van der Waals surface area contributed by atoms with Gasteiger partial charge in [0.2, 0.25) is 10.0 Å². The fourth-order valence-corrected chi connectivity index (χ4v) is 3.07. The molecule has 2 atom stereocenters. The lowest BCUT2D eigenvalue weighted by Crippen LogP contribution is -2.51. The van der Waals surface area contributed by atoms with Crippen molar-refractivity contribution in [3.8, 4) is 0 Å². The monoisotopic (exact) mass is 193 g/mol. The van der Waals surface area contributed by atoms with Crippen molar-refractivity contribution in [3.63, 3.8) is 0 Å². The van der Waals surface area contributed by atoms with Gasteiger partial charge in [-0.1, -0.05) is 0 Å². The Labute approximate surface area is 73.6 Å². The van der Waals surface area contributed by atoms with Gasteiger partial charge >= 0.3 is 0 Å². The van der Waals surface area contributed by atoms with Crippen molar-refractivity contribution in [3.05, 3.63) is 0 Å². The Hall–Kier alpha value is -0.130. The Kier molecular flexibility index (Phi) is 2.75. The third-order valence-electron chi connectivity index (χ3n) is 1.97. The summed E-state index contributed by atoms with van der Waals surface area (Å²) in [6.07, 6.45) is 1.24. The quantitative estimate of drug-likeness (QED) is 0.591. The van der Waals surface area contributed by atoms with E-state index in [-0.39, 0.29) is 12.1 Å². The van der Waals surface area contributed by atoms with Crippen LogP contribution < -0.4 is 0 Å². The number of sulfonamides is 1. The van der Waals surface area contributed by atoms with E-state index in [0.29, 0.717) is 13.2 Å². The van der Waals surface area contributed by atoms with Gasteiger partial charge in [0.15, 0.2) is 0 Å². The number of hydrogen-bond acceptors (Lipinski definition) is 3. The molecule has 0 aromatic heterocycles. The summed E-state index contributed by atoms with van der Waals surface area (Å²) in [6.45, 7) is 4.71. The first-order valence-electron chi connectivity index (χ1n) is 3.99. The summed E-state index contributed by atoms with van der Waals surface area (Å²) in [4.78, 5) is 0. The van der Waals surface area contributed by atoms with Crippen molar-refractivity contribution in [2.75, 3.05) is 19.5 Å². The standard InChI is InChI=1S/C7H15NO3S/c1-6-4-11-5-7(2)8(6)12(3,9)10/h6-7H,4-5H2,1-3H3/t6-,7+. The molecule has 4 nitrogen and oxygen atoms in total. The van der Waals surface area contributed by atoms with E-state index in [1.807, 2.05) is 13.8 Å². The highest BCUT2D eigenvalue weighted by molar-refractivity contribution is 7.88. The molecule has 5 heteroatoms. The molecular formula is C7H15NO3S. The van der Waals surface area contributed by atoms with E-state index in [1.165, 1.54) is 10.6 Å². The van der Waals surface area contributed by atoms with Crippen LogP contribution in [0.25, 0.3) is 0 Å². The number of ether oxygens (including phenoxy) is 1. The molecule has 0 amide bonds. The van der Waals surface area contributed by atoms with Gasteiger partial charge in [0, 0.05) is 12.1 Å². The zero-order valence-corrected chi connectivity index (χ0v) is 8.47. The molecule has 1 fully saturated rings. The van der Waals surface area contributed by atoms with E-state index in [2.05, 4.69) is 0 Å². The molecule has 0 aromatic carbocycles. The summed E-state index contributed by atoms with van der Waals surface area (Å²) in [5, 5.41) is 0.